The molecule has 0 aromatic carbocycles. The van der Waals surface area contributed by atoms with Crippen LogP contribution < -0.4 is 11.1 Å². The van der Waals surface area contributed by atoms with Gasteiger partial charge in [0.1, 0.15) is 11.6 Å². The fraction of sp³-hybridized carbons (Fsp3) is 0.357. The Bertz CT molecular complexity index is 576. The molecule has 6 heteroatoms. The van der Waals surface area contributed by atoms with Crippen molar-refractivity contribution in [1.82, 2.24) is 14.5 Å². The van der Waals surface area contributed by atoms with Crippen LogP contribution in [0.4, 0.5) is 5.69 Å². The number of nitrogens with two attached hydrogens (primary N) is 1. The highest BCUT2D eigenvalue weighted by atomic mass is 16.2. The maximum absolute atomic E-state index is 11.8. The van der Waals surface area contributed by atoms with Gasteiger partial charge in [-0.2, -0.15) is 0 Å². The first kappa shape index (κ1) is 14.2. The smallest absolute Gasteiger partial charge is 0.241 e. The number of hydrogen-bond acceptors (Lipinski definition) is 4. The molecule has 0 saturated carbocycles. The zero-order valence-corrected chi connectivity index (χ0v) is 11.7. The van der Waals surface area contributed by atoms with Crippen molar-refractivity contribution in [3.8, 4) is 5.82 Å². The van der Waals surface area contributed by atoms with Crippen molar-refractivity contribution in [2.45, 2.75) is 32.7 Å². The predicted octanol–water partition coefficient (Wildman–Crippen LogP) is 1.64. The molecule has 2 heterocycles. The standard InChI is InChI=1S/C14H19N5O/c1-3-4-12(15)14(20)18-11-5-6-13(17-9-11)19-8-7-16-10(19)2/h5-9,12H,3-4,15H2,1-2H3,(H,18,20). The largest absolute Gasteiger partial charge is 0.323 e. The number of nitrogens with one attached hydrogen (secondary N) is 1. The second-order valence-electron chi connectivity index (χ2n) is 4.63. The number of carbonyl (C=O) groups is 1. The van der Waals surface area contributed by atoms with E-state index in [4.69, 9.17) is 5.73 Å². The molecule has 3 N–H and O–H groups in total. The van der Waals surface area contributed by atoms with Crippen molar-refractivity contribution >= 4 is 11.6 Å². The highest BCUT2D eigenvalue weighted by Gasteiger charge is 2.12. The predicted molar refractivity (Wildman–Crippen MR) is 77.6 cm³/mol. The Labute approximate surface area is 118 Å². The summed E-state index contributed by atoms with van der Waals surface area (Å²) in [5, 5.41) is 2.76. The molecule has 20 heavy (non-hydrogen) atoms. The van der Waals surface area contributed by atoms with E-state index in [9.17, 15) is 4.79 Å². The summed E-state index contributed by atoms with van der Waals surface area (Å²) in [6, 6.07) is 3.16. The monoisotopic (exact) mass is 273 g/mol. The number of carbonyl (C=O) groups excluding carboxylic acids is 1. The topological polar surface area (TPSA) is 85.8 Å². The summed E-state index contributed by atoms with van der Waals surface area (Å²) in [7, 11) is 0. The Hall–Kier alpha value is -2.21. The Balaban J connectivity index is 2.06. The Morgan fingerprint density at radius 3 is 2.80 bits per heavy atom. The third-order valence-corrected chi connectivity index (χ3v) is 3.02. The first-order valence-corrected chi connectivity index (χ1v) is 6.64. The minimum atomic E-state index is -0.476. The Morgan fingerprint density at radius 2 is 2.25 bits per heavy atom. The number of rotatable bonds is 5. The van der Waals surface area contributed by atoms with Crippen LogP contribution in [0.3, 0.4) is 0 Å². The first-order chi connectivity index (χ1) is 9.61. The summed E-state index contributed by atoms with van der Waals surface area (Å²) >= 11 is 0. The van der Waals surface area contributed by atoms with Crippen LogP contribution in [-0.4, -0.2) is 26.5 Å². The summed E-state index contributed by atoms with van der Waals surface area (Å²) in [4.78, 5) is 20.2. The van der Waals surface area contributed by atoms with Crippen molar-refractivity contribution < 1.29 is 4.79 Å². The lowest BCUT2D eigenvalue weighted by Crippen LogP contribution is -2.35. The van der Waals surface area contributed by atoms with Crippen LogP contribution in [0.25, 0.3) is 5.82 Å². The van der Waals surface area contributed by atoms with Gasteiger partial charge in [0, 0.05) is 12.4 Å². The highest BCUT2D eigenvalue weighted by Crippen LogP contribution is 2.11. The minimum absolute atomic E-state index is 0.180. The van der Waals surface area contributed by atoms with E-state index in [-0.39, 0.29) is 5.91 Å². The van der Waals surface area contributed by atoms with Gasteiger partial charge in [-0.15, -0.1) is 0 Å². The van der Waals surface area contributed by atoms with Gasteiger partial charge in [0.05, 0.1) is 17.9 Å². The van der Waals surface area contributed by atoms with Crippen LogP contribution in [0, 0.1) is 6.92 Å². The van der Waals surface area contributed by atoms with Gasteiger partial charge in [-0.1, -0.05) is 13.3 Å². The molecule has 106 valence electrons. The molecular formula is C14H19N5O. The van der Waals surface area contributed by atoms with Crippen LogP contribution in [-0.2, 0) is 4.79 Å². The van der Waals surface area contributed by atoms with E-state index in [2.05, 4.69) is 15.3 Å². The molecule has 2 aromatic rings. The van der Waals surface area contributed by atoms with Gasteiger partial charge in [0.25, 0.3) is 0 Å². The summed E-state index contributed by atoms with van der Waals surface area (Å²) in [6.45, 7) is 3.90. The zero-order chi connectivity index (χ0) is 14.5. The molecule has 1 amide bonds. The molecule has 2 aromatic heterocycles. The molecule has 1 atom stereocenters. The van der Waals surface area contributed by atoms with Crippen LogP contribution in [0.5, 0.6) is 0 Å². The number of pyridine rings is 1. The van der Waals surface area contributed by atoms with Crippen molar-refractivity contribution in [3.63, 3.8) is 0 Å². The van der Waals surface area contributed by atoms with Crippen LogP contribution in [0.15, 0.2) is 30.7 Å². The summed E-state index contributed by atoms with van der Waals surface area (Å²) in [6.07, 6.45) is 6.73. The number of anilines is 1. The minimum Gasteiger partial charge on any atom is -0.323 e. The number of nitrogens with zero attached hydrogens (tertiary/aromatic N) is 3. The van der Waals surface area contributed by atoms with Gasteiger partial charge in [0.15, 0.2) is 0 Å². The average Bonchev–Trinajstić information content (AvgIpc) is 2.86. The molecule has 0 saturated heterocycles. The maximum atomic E-state index is 11.8. The fourth-order valence-corrected chi connectivity index (χ4v) is 1.90. The summed E-state index contributed by atoms with van der Waals surface area (Å²) < 4.78 is 1.87. The van der Waals surface area contributed by atoms with Crippen LogP contribution in [0.1, 0.15) is 25.6 Å². The molecule has 2 rings (SSSR count). The molecule has 0 aliphatic carbocycles. The first-order valence-electron chi connectivity index (χ1n) is 6.64. The van der Waals surface area contributed by atoms with Gasteiger partial charge < -0.3 is 11.1 Å². The molecule has 0 bridgehead atoms. The summed E-state index contributed by atoms with van der Waals surface area (Å²) in [5.74, 6) is 1.44. The maximum Gasteiger partial charge on any atom is 0.241 e. The second kappa shape index (κ2) is 6.29. The number of amides is 1. The van der Waals surface area contributed by atoms with E-state index in [1.54, 1.807) is 18.5 Å². The summed E-state index contributed by atoms with van der Waals surface area (Å²) in [5.41, 5.74) is 6.40. The van der Waals surface area contributed by atoms with Crippen molar-refractivity contribution in [2.24, 2.45) is 5.73 Å². The molecule has 0 spiro atoms. The van der Waals surface area contributed by atoms with Crippen molar-refractivity contribution in [1.29, 1.82) is 0 Å². The number of imidazole rings is 1. The highest BCUT2D eigenvalue weighted by molar-refractivity contribution is 5.94. The number of aromatic nitrogens is 3. The van der Waals surface area contributed by atoms with E-state index in [0.717, 1.165) is 18.1 Å². The quantitative estimate of drug-likeness (QED) is 0.867. The Kier molecular flexibility index (Phi) is 4.47. The van der Waals surface area contributed by atoms with Gasteiger partial charge in [-0.3, -0.25) is 9.36 Å². The lowest BCUT2D eigenvalue weighted by atomic mass is 10.1. The third kappa shape index (κ3) is 3.21. The van der Waals surface area contributed by atoms with E-state index in [1.165, 1.54) is 0 Å². The third-order valence-electron chi connectivity index (χ3n) is 3.02. The van der Waals surface area contributed by atoms with Gasteiger partial charge >= 0.3 is 0 Å². The zero-order valence-electron chi connectivity index (χ0n) is 11.7. The average molecular weight is 273 g/mol. The number of aryl methyl sites for hydroxylation is 1. The van der Waals surface area contributed by atoms with E-state index < -0.39 is 6.04 Å². The molecule has 0 fully saturated rings. The van der Waals surface area contributed by atoms with Gasteiger partial charge in [-0.05, 0) is 25.5 Å². The molecule has 6 nitrogen and oxygen atoms in total. The van der Waals surface area contributed by atoms with Crippen LogP contribution >= 0.6 is 0 Å². The lowest BCUT2D eigenvalue weighted by molar-refractivity contribution is -0.117. The molecule has 0 aliphatic rings. The van der Waals surface area contributed by atoms with Crippen molar-refractivity contribution in [2.75, 3.05) is 5.32 Å². The fourth-order valence-electron chi connectivity index (χ4n) is 1.90. The van der Waals surface area contributed by atoms with E-state index in [0.29, 0.717) is 12.1 Å². The molecule has 0 radical (unpaired) electrons. The van der Waals surface area contributed by atoms with Crippen molar-refractivity contribution in [3.05, 3.63) is 36.5 Å². The molecule has 1 unspecified atom stereocenters. The normalized spacial score (nSPS) is 12.2. The lowest BCUT2D eigenvalue weighted by Gasteiger charge is -2.11. The number of hydrogen-bond donors (Lipinski definition) is 2. The van der Waals surface area contributed by atoms with E-state index in [1.807, 2.05) is 30.7 Å². The molecule has 0 aliphatic heterocycles. The second-order valence-corrected chi connectivity index (χ2v) is 4.63. The van der Waals surface area contributed by atoms with Gasteiger partial charge in [0.2, 0.25) is 5.91 Å². The van der Waals surface area contributed by atoms with E-state index >= 15 is 0 Å². The van der Waals surface area contributed by atoms with Gasteiger partial charge in [-0.25, -0.2) is 9.97 Å². The molecular weight excluding hydrogens is 254 g/mol. The SMILES string of the molecule is CCCC(N)C(=O)Nc1ccc(-n2ccnc2C)nc1. The Morgan fingerprint density at radius 1 is 1.45 bits per heavy atom. The van der Waals surface area contributed by atoms with Crippen LogP contribution in [0.2, 0.25) is 0 Å².